The lowest BCUT2D eigenvalue weighted by atomic mass is 9.95. The molecular formula is C20H27N5S. The third-order valence-electron chi connectivity index (χ3n) is 5.06. The van der Waals surface area contributed by atoms with Crippen molar-refractivity contribution < 1.29 is 0 Å². The van der Waals surface area contributed by atoms with Gasteiger partial charge in [0.25, 0.3) is 0 Å². The molecule has 1 aliphatic heterocycles. The quantitative estimate of drug-likeness (QED) is 0.694. The summed E-state index contributed by atoms with van der Waals surface area (Å²) in [5.41, 5.74) is 4.26. The van der Waals surface area contributed by atoms with Crippen LogP contribution in [0.5, 0.6) is 0 Å². The highest BCUT2D eigenvalue weighted by Crippen LogP contribution is 2.36. The van der Waals surface area contributed by atoms with Crippen LogP contribution in [0.3, 0.4) is 0 Å². The molecule has 0 unspecified atom stereocenters. The molecule has 2 atom stereocenters. The van der Waals surface area contributed by atoms with Crippen molar-refractivity contribution >= 4 is 28.1 Å². The highest BCUT2D eigenvalue weighted by molar-refractivity contribution is 7.13. The summed E-state index contributed by atoms with van der Waals surface area (Å²) in [4.78, 5) is 15.1. The zero-order valence-electron chi connectivity index (χ0n) is 15.7. The standard InChI is InChI=1S/C20H27N5S/c1-4-7-25-10-13(2)8-15(11-25)24-18-16-5-6-21-19(16)22-9-17(18)20-23-14(3)12-26-20/h5-6,9,12-13,15H,4,7-8,10-11H2,1-3H3,(H2,21,22,24)/t13-,15+/m0/s1. The van der Waals surface area contributed by atoms with Crippen LogP contribution in [-0.4, -0.2) is 45.5 Å². The number of rotatable bonds is 5. The first-order valence-corrected chi connectivity index (χ1v) is 10.4. The number of aromatic amines is 1. The molecule has 3 aromatic rings. The Morgan fingerprint density at radius 2 is 2.27 bits per heavy atom. The van der Waals surface area contributed by atoms with E-state index in [4.69, 9.17) is 4.98 Å². The monoisotopic (exact) mass is 369 g/mol. The van der Waals surface area contributed by atoms with E-state index in [0.717, 1.165) is 33.8 Å². The van der Waals surface area contributed by atoms with Crippen LogP contribution in [0, 0.1) is 12.8 Å². The maximum Gasteiger partial charge on any atom is 0.139 e. The zero-order valence-corrected chi connectivity index (χ0v) is 16.6. The molecular weight excluding hydrogens is 342 g/mol. The normalized spacial score (nSPS) is 21.3. The third kappa shape index (κ3) is 3.48. The van der Waals surface area contributed by atoms with Gasteiger partial charge in [-0.15, -0.1) is 11.3 Å². The molecule has 0 aromatic carbocycles. The van der Waals surface area contributed by atoms with Crippen molar-refractivity contribution in [1.29, 1.82) is 0 Å². The smallest absolute Gasteiger partial charge is 0.139 e. The molecule has 6 heteroatoms. The van der Waals surface area contributed by atoms with E-state index in [0.29, 0.717) is 12.0 Å². The van der Waals surface area contributed by atoms with E-state index in [2.05, 4.69) is 45.5 Å². The molecule has 0 spiro atoms. The molecule has 4 rings (SSSR count). The van der Waals surface area contributed by atoms with Crippen LogP contribution in [0.2, 0.25) is 0 Å². The number of piperidine rings is 1. The van der Waals surface area contributed by atoms with Gasteiger partial charge in [-0.05, 0) is 38.3 Å². The van der Waals surface area contributed by atoms with Gasteiger partial charge < -0.3 is 15.2 Å². The Balaban J connectivity index is 1.69. The molecule has 0 saturated carbocycles. The largest absolute Gasteiger partial charge is 0.380 e. The van der Waals surface area contributed by atoms with Crippen molar-refractivity contribution in [1.82, 2.24) is 19.9 Å². The summed E-state index contributed by atoms with van der Waals surface area (Å²) in [5, 5.41) is 8.16. The number of likely N-dealkylation sites (tertiary alicyclic amines) is 1. The number of anilines is 1. The first-order chi connectivity index (χ1) is 12.6. The van der Waals surface area contributed by atoms with E-state index in [-0.39, 0.29) is 0 Å². The molecule has 5 nitrogen and oxygen atoms in total. The number of fused-ring (bicyclic) bond motifs is 1. The number of nitrogens with zero attached hydrogens (tertiary/aromatic N) is 3. The van der Waals surface area contributed by atoms with Crippen LogP contribution in [0.15, 0.2) is 23.8 Å². The van der Waals surface area contributed by atoms with E-state index < -0.39 is 0 Å². The third-order valence-corrected chi connectivity index (χ3v) is 6.05. The summed E-state index contributed by atoms with van der Waals surface area (Å²) in [6, 6.07) is 2.57. The highest BCUT2D eigenvalue weighted by atomic mass is 32.1. The predicted molar refractivity (Wildman–Crippen MR) is 110 cm³/mol. The van der Waals surface area contributed by atoms with Gasteiger partial charge in [-0.2, -0.15) is 0 Å². The van der Waals surface area contributed by atoms with Gasteiger partial charge >= 0.3 is 0 Å². The van der Waals surface area contributed by atoms with E-state index in [1.54, 1.807) is 11.3 Å². The van der Waals surface area contributed by atoms with Crippen LogP contribution in [0.4, 0.5) is 5.69 Å². The number of hydrogen-bond donors (Lipinski definition) is 2. The van der Waals surface area contributed by atoms with Gasteiger partial charge in [-0.1, -0.05) is 13.8 Å². The second kappa shape index (κ2) is 7.37. The molecule has 26 heavy (non-hydrogen) atoms. The summed E-state index contributed by atoms with van der Waals surface area (Å²) < 4.78 is 0. The molecule has 3 aromatic heterocycles. The minimum Gasteiger partial charge on any atom is -0.380 e. The zero-order chi connectivity index (χ0) is 18.1. The molecule has 0 aliphatic carbocycles. The summed E-state index contributed by atoms with van der Waals surface area (Å²) in [6.07, 6.45) is 6.33. The molecule has 1 aliphatic rings. The average Bonchev–Trinajstić information content (AvgIpc) is 3.24. The minimum absolute atomic E-state index is 0.450. The molecule has 4 heterocycles. The van der Waals surface area contributed by atoms with Gasteiger partial charge in [-0.3, -0.25) is 0 Å². The summed E-state index contributed by atoms with van der Waals surface area (Å²) in [6.45, 7) is 10.2. The number of hydrogen-bond acceptors (Lipinski definition) is 5. The first-order valence-electron chi connectivity index (χ1n) is 9.51. The van der Waals surface area contributed by atoms with E-state index >= 15 is 0 Å². The number of aryl methyl sites for hydroxylation is 1. The summed E-state index contributed by atoms with van der Waals surface area (Å²) >= 11 is 1.69. The number of thiazole rings is 1. The first kappa shape index (κ1) is 17.5. The Kier molecular flexibility index (Phi) is 4.96. The van der Waals surface area contributed by atoms with Crippen LogP contribution in [0.1, 0.15) is 32.4 Å². The van der Waals surface area contributed by atoms with E-state index in [1.807, 2.05) is 19.3 Å². The Bertz CT molecular complexity index is 883. The van der Waals surface area contributed by atoms with Gasteiger partial charge in [0, 0.05) is 48.0 Å². The topological polar surface area (TPSA) is 56.8 Å². The lowest BCUT2D eigenvalue weighted by molar-refractivity contribution is 0.172. The minimum atomic E-state index is 0.450. The average molecular weight is 370 g/mol. The molecule has 1 saturated heterocycles. The lowest BCUT2D eigenvalue weighted by Crippen LogP contribution is -2.45. The Hall–Kier alpha value is -1.92. The fourth-order valence-corrected chi connectivity index (χ4v) is 4.89. The van der Waals surface area contributed by atoms with E-state index in [9.17, 15) is 0 Å². The second-order valence-electron chi connectivity index (χ2n) is 7.52. The van der Waals surface area contributed by atoms with Crippen LogP contribution < -0.4 is 5.32 Å². The molecule has 1 fully saturated rings. The number of H-pyrrole nitrogens is 1. The van der Waals surface area contributed by atoms with Crippen molar-refractivity contribution in [2.24, 2.45) is 5.92 Å². The maximum absolute atomic E-state index is 4.70. The second-order valence-corrected chi connectivity index (χ2v) is 8.38. The van der Waals surface area contributed by atoms with Crippen molar-refractivity contribution in [3.63, 3.8) is 0 Å². The fraction of sp³-hybridized carbons (Fsp3) is 0.500. The highest BCUT2D eigenvalue weighted by Gasteiger charge is 2.26. The fourth-order valence-electron chi connectivity index (χ4n) is 4.07. The van der Waals surface area contributed by atoms with Gasteiger partial charge in [0.1, 0.15) is 10.7 Å². The summed E-state index contributed by atoms with van der Waals surface area (Å²) in [5.74, 6) is 0.710. The Morgan fingerprint density at radius 3 is 3.04 bits per heavy atom. The maximum atomic E-state index is 4.70. The lowest BCUT2D eigenvalue weighted by Gasteiger charge is -2.37. The van der Waals surface area contributed by atoms with Gasteiger partial charge in [0.2, 0.25) is 0 Å². The van der Waals surface area contributed by atoms with E-state index in [1.165, 1.54) is 31.6 Å². The van der Waals surface area contributed by atoms with Crippen molar-refractivity contribution in [3.05, 3.63) is 29.5 Å². The predicted octanol–water partition coefficient (Wildman–Crippen LogP) is 4.53. The SMILES string of the molecule is CCCN1C[C@@H](C)C[C@@H](Nc2c(-c3nc(C)cs3)cnc3[nH]ccc23)C1. The Morgan fingerprint density at radius 1 is 1.38 bits per heavy atom. The van der Waals surface area contributed by atoms with Crippen LogP contribution >= 0.6 is 11.3 Å². The van der Waals surface area contributed by atoms with Crippen LogP contribution in [0.25, 0.3) is 21.6 Å². The molecule has 0 amide bonds. The van der Waals surface area contributed by atoms with Gasteiger partial charge in [0.15, 0.2) is 0 Å². The van der Waals surface area contributed by atoms with Gasteiger partial charge in [-0.25, -0.2) is 9.97 Å². The molecule has 2 N–H and O–H groups in total. The van der Waals surface area contributed by atoms with Gasteiger partial charge in [0.05, 0.1) is 11.3 Å². The molecule has 0 radical (unpaired) electrons. The van der Waals surface area contributed by atoms with Crippen molar-refractivity contribution in [3.8, 4) is 10.6 Å². The number of pyridine rings is 1. The van der Waals surface area contributed by atoms with Crippen molar-refractivity contribution in [2.45, 2.75) is 39.7 Å². The summed E-state index contributed by atoms with van der Waals surface area (Å²) in [7, 11) is 0. The number of nitrogens with one attached hydrogen (secondary N) is 2. The van der Waals surface area contributed by atoms with Crippen LogP contribution in [-0.2, 0) is 0 Å². The number of aromatic nitrogens is 3. The molecule has 0 bridgehead atoms. The Labute approximate surface area is 158 Å². The molecule has 138 valence electrons. The van der Waals surface area contributed by atoms with Crippen molar-refractivity contribution in [2.75, 3.05) is 25.0 Å².